The zero-order chi connectivity index (χ0) is 19.3. The Labute approximate surface area is 161 Å². The quantitative estimate of drug-likeness (QED) is 0.630. The molecular formula is C20H18ClF2NO2S. The SMILES string of the molecule is CS(=O)(=O)Cc1cc(F)cc2c(C(c3ccc(F)cc3Cl)C3CC3)c[nH]c12. The molecule has 1 aliphatic rings. The Morgan fingerprint density at radius 3 is 2.52 bits per heavy atom. The van der Waals surface area contributed by atoms with Crippen molar-refractivity contribution in [2.75, 3.05) is 6.26 Å². The second-order valence-electron chi connectivity index (χ2n) is 7.28. The van der Waals surface area contributed by atoms with Crippen LogP contribution in [0.2, 0.25) is 5.02 Å². The van der Waals surface area contributed by atoms with Gasteiger partial charge < -0.3 is 4.98 Å². The molecule has 1 aliphatic carbocycles. The highest BCUT2D eigenvalue weighted by Gasteiger charge is 2.36. The van der Waals surface area contributed by atoms with E-state index >= 15 is 0 Å². The molecule has 1 atom stereocenters. The lowest BCUT2D eigenvalue weighted by Crippen LogP contribution is -2.05. The first-order valence-corrected chi connectivity index (χ1v) is 11.1. The second kappa shape index (κ2) is 6.60. The van der Waals surface area contributed by atoms with Crippen LogP contribution in [0.4, 0.5) is 8.78 Å². The molecule has 2 aromatic carbocycles. The lowest BCUT2D eigenvalue weighted by Gasteiger charge is -2.18. The highest BCUT2D eigenvalue weighted by atomic mass is 35.5. The number of nitrogens with one attached hydrogen (secondary N) is 1. The molecule has 0 amide bonds. The molecule has 0 bridgehead atoms. The van der Waals surface area contributed by atoms with Gasteiger partial charge in [-0.1, -0.05) is 17.7 Å². The molecule has 1 N–H and O–H groups in total. The molecule has 4 rings (SSSR count). The third-order valence-corrected chi connectivity index (χ3v) is 6.17. The van der Waals surface area contributed by atoms with Crippen molar-refractivity contribution in [3.63, 3.8) is 0 Å². The number of aromatic nitrogens is 1. The van der Waals surface area contributed by atoms with Gasteiger partial charge in [0.15, 0.2) is 9.84 Å². The molecule has 1 aromatic heterocycles. The summed E-state index contributed by atoms with van der Waals surface area (Å²) >= 11 is 6.31. The number of H-pyrrole nitrogens is 1. The van der Waals surface area contributed by atoms with Crippen molar-refractivity contribution >= 4 is 32.3 Å². The van der Waals surface area contributed by atoms with Crippen molar-refractivity contribution in [3.8, 4) is 0 Å². The first kappa shape index (κ1) is 18.4. The highest BCUT2D eigenvalue weighted by Crippen LogP contribution is 2.50. The second-order valence-corrected chi connectivity index (χ2v) is 9.83. The first-order chi connectivity index (χ1) is 12.7. The fourth-order valence-corrected chi connectivity index (χ4v) is 4.88. The van der Waals surface area contributed by atoms with Gasteiger partial charge in [0, 0.05) is 28.8 Å². The fourth-order valence-electron chi connectivity index (χ4n) is 3.80. The van der Waals surface area contributed by atoms with Crippen LogP contribution in [0.3, 0.4) is 0 Å². The number of sulfone groups is 1. The Hall–Kier alpha value is -1.92. The summed E-state index contributed by atoms with van der Waals surface area (Å²) in [4.78, 5) is 3.12. The molecule has 1 fully saturated rings. The van der Waals surface area contributed by atoms with Gasteiger partial charge in [-0.2, -0.15) is 0 Å². The summed E-state index contributed by atoms with van der Waals surface area (Å²) in [6.07, 6.45) is 4.94. The number of hydrogen-bond acceptors (Lipinski definition) is 2. The summed E-state index contributed by atoms with van der Waals surface area (Å²) in [5, 5.41) is 0.986. The molecule has 3 nitrogen and oxygen atoms in total. The monoisotopic (exact) mass is 409 g/mol. The smallest absolute Gasteiger partial charge is 0.151 e. The molecule has 0 saturated heterocycles. The van der Waals surface area contributed by atoms with Crippen LogP contribution in [0.5, 0.6) is 0 Å². The Kier molecular flexibility index (Phi) is 4.51. The molecular weight excluding hydrogens is 392 g/mol. The summed E-state index contributed by atoms with van der Waals surface area (Å²) in [5.74, 6) is -0.888. The molecule has 0 aliphatic heterocycles. The molecule has 0 spiro atoms. The van der Waals surface area contributed by atoms with Crippen LogP contribution in [0, 0.1) is 17.6 Å². The van der Waals surface area contributed by atoms with Crippen LogP contribution in [0.25, 0.3) is 10.9 Å². The Morgan fingerprint density at radius 2 is 1.89 bits per heavy atom. The van der Waals surface area contributed by atoms with Crippen LogP contribution in [0.1, 0.15) is 35.4 Å². The van der Waals surface area contributed by atoms with Crippen molar-refractivity contribution in [1.82, 2.24) is 4.98 Å². The summed E-state index contributed by atoms with van der Waals surface area (Å²) in [6, 6.07) is 7.01. The van der Waals surface area contributed by atoms with Gasteiger partial charge >= 0.3 is 0 Å². The topological polar surface area (TPSA) is 49.9 Å². The van der Waals surface area contributed by atoms with Gasteiger partial charge in [0.1, 0.15) is 11.6 Å². The molecule has 1 unspecified atom stereocenters. The van der Waals surface area contributed by atoms with Crippen LogP contribution in [-0.4, -0.2) is 19.7 Å². The molecule has 142 valence electrons. The number of hydrogen-bond donors (Lipinski definition) is 1. The van der Waals surface area contributed by atoms with Crippen molar-refractivity contribution in [2.45, 2.75) is 24.5 Å². The molecule has 0 radical (unpaired) electrons. The van der Waals surface area contributed by atoms with E-state index in [-0.39, 0.29) is 11.7 Å². The predicted molar refractivity (Wildman–Crippen MR) is 103 cm³/mol. The van der Waals surface area contributed by atoms with Crippen LogP contribution in [-0.2, 0) is 15.6 Å². The first-order valence-electron chi connectivity index (χ1n) is 8.65. The standard InChI is InChI=1S/C20H18ClF2NO2S/c1-27(25,26)10-12-6-14(23)7-16-17(9-24-20(12)16)19(11-2-3-11)15-5-4-13(22)8-18(15)21/h4-9,11,19,24H,2-3,10H2,1H3. The van der Waals surface area contributed by atoms with E-state index in [0.29, 0.717) is 27.4 Å². The lowest BCUT2D eigenvalue weighted by atomic mass is 9.86. The molecule has 1 saturated carbocycles. The normalized spacial score (nSPS) is 16.0. The maximum Gasteiger partial charge on any atom is 0.151 e. The van der Waals surface area contributed by atoms with Crippen LogP contribution >= 0.6 is 11.6 Å². The molecule has 7 heteroatoms. The number of aromatic amines is 1. The average molecular weight is 410 g/mol. The summed E-state index contributed by atoms with van der Waals surface area (Å²) < 4.78 is 51.2. The maximum absolute atomic E-state index is 14.3. The van der Waals surface area contributed by atoms with Crippen molar-refractivity contribution in [3.05, 3.63) is 69.9 Å². The summed E-state index contributed by atoms with van der Waals surface area (Å²) in [7, 11) is -3.31. The van der Waals surface area contributed by atoms with E-state index in [1.807, 2.05) is 0 Å². The Bertz CT molecular complexity index is 1140. The minimum absolute atomic E-state index is 0.0975. The van der Waals surface area contributed by atoms with Gasteiger partial charge in [-0.15, -0.1) is 0 Å². The van der Waals surface area contributed by atoms with Crippen molar-refractivity contribution in [1.29, 1.82) is 0 Å². The third kappa shape index (κ3) is 3.73. The van der Waals surface area contributed by atoms with Crippen LogP contribution in [0.15, 0.2) is 36.5 Å². The van der Waals surface area contributed by atoms with E-state index in [2.05, 4.69) is 4.98 Å². The van der Waals surface area contributed by atoms with Gasteiger partial charge in [-0.3, -0.25) is 0 Å². The predicted octanol–water partition coefficient (Wildman–Crippen LogP) is 5.19. The molecule has 27 heavy (non-hydrogen) atoms. The lowest BCUT2D eigenvalue weighted by molar-refractivity contribution is 0.600. The van der Waals surface area contributed by atoms with E-state index in [9.17, 15) is 17.2 Å². The largest absolute Gasteiger partial charge is 0.361 e. The Morgan fingerprint density at radius 1 is 1.15 bits per heavy atom. The van der Waals surface area contributed by atoms with E-state index in [1.54, 1.807) is 12.3 Å². The average Bonchev–Trinajstić information content (AvgIpc) is 3.29. The van der Waals surface area contributed by atoms with E-state index in [1.165, 1.54) is 24.3 Å². The zero-order valence-electron chi connectivity index (χ0n) is 14.6. The number of benzene rings is 2. The maximum atomic E-state index is 14.3. The van der Waals surface area contributed by atoms with Crippen molar-refractivity contribution in [2.24, 2.45) is 5.92 Å². The minimum Gasteiger partial charge on any atom is -0.361 e. The minimum atomic E-state index is -3.31. The highest BCUT2D eigenvalue weighted by molar-refractivity contribution is 7.89. The summed E-state index contributed by atoms with van der Waals surface area (Å²) in [5.41, 5.74) is 2.67. The fraction of sp³-hybridized carbons (Fsp3) is 0.300. The number of rotatable bonds is 5. The van der Waals surface area contributed by atoms with E-state index < -0.39 is 21.5 Å². The van der Waals surface area contributed by atoms with E-state index in [0.717, 1.165) is 30.2 Å². The number of halogens is 3. The summed E-state index contributed by atoms with van der Waals surface area (Å²) in [6.45, 7) is 0. The number of fused-ring (bicyclic) bond motifs is 1. The van der Waals surface area contributed by atoms with Gasteiger partial charge in [0.25, 0.3) is 0 Å². The van der Waals surface area contributed by atoms with Crippen LogP contribution < -0.4 is 0 Å². The van der Waals surface area contributed by atoms with Crippen molar-refractivity contribution < 1.29 is 17.2 Å². The third-order valence-electron chi connectivity index (χ3n) is 5.01. The zero-order valence-corrected chi connectivity index (χ0v) is 16.2. The molecule has 1 heterocycles. The van der Waals surface area contributed by atoms with E-state index in [4.69, 9.17) is 11.6 Å². The van der Waals surface area contributed by atoms with Gasteiger partial charge in [-0.05, 0) is 59.7 Å². The Balaban J connectivity index is 1.89. The van der Waals surface area contributed by atoms with Gasteiger partial charge in [0.2, 0.25) is 0 Å². The van der Waals surface area contributed by atoms with Gasteiger partial charge in [0.05, 0.1) is 11.3 Å². The molecule has 3 aromatic rings. The van der Waals surface area contributed by atoms with Gasteiger partial charge in [-0.25, -0.2) is 17.2 Å².